The highest BCUT2D eigenvalue weighted by molar-refractivity contribution is 6.01. The molecular weight excluding hydrogens is 352 g/mol. The first-order valence-corrected chi connectivity index (χ1v) is 9.54. The number of anilines is 1. The van der Waals surface area contributed by atoms with Gasteiger partial charge < -0.3 is 19.6 Å². The number of aromatic nitrogens is 1. The minimum absolute atomic E-state index is 0.0428. The van der Waals surface area contributed by atoms with Crippen molar-refractivity contribution in [1.82, 2.24) is 10.3 Å². The lowest BCUT2D eigenvalue weighted by Gasteiger charge is -2.12. The normalized spacial score (nSPS) is 14.4. The van der Waals surface area contributed by atoms with Gasteiger partial charge in [-0.2, -0.15) is 5.26 Å². The van der Waals surface area contributed by atoms with Crippen LogP contribution in [0.5, 0.6) is 0 Å². The van der Waals surface area contributed by atoms with Crippen molar-refractivity contribution in [1.29, 1.82) is 5.26 Å². The Hall–Kier alpha value is -3.46. The van der Waals surface area contributed by atoms with Crippen LogP contribution in [0.4, 0.5) is 5.88 Å². The van der Waals surface area contributed by atoms with E-state index in [2.05, 4.69) is 21.3 Å². The van der Waals surface area contributed by atoms with Crippen LogP contribution in [0.15, 0.2) is 52.6 Å². The van der Waals surface area contributed by atoms with Gasteiger partial charge in [0.2, 0.25) is 0 Å². The molecule has 6 nitrogen and oxygen atoms in total. The molecule has 0 atom stereocenters. The van der Waals surface area contributed by atoms with Crippen molar-refractivity contribution in [3.63, 3.8) is 0 Å². The van der Waals surface area contributed by atoms with E-state index in [1.807, 2.05) is 36.5 Å². The molecule has 1 saturated heterocycles. The first kappa shape index (κ1) is 17.9. The summed E-state index contributed by atoms with van der Waals surface area (Å²) in [6.45, 7) is 2.42. The topological polar surface area (TPSA) is 85.1 Å². The fourth-order valence-corrected chi connectivity index (χ4v) is 3.56. The van der Waals surface area contributed by atoms with Crippen molar-refractivity contribution in [2.24, 2.45) is 0 Å². The number of para-hydroxylation sites is 1. The standard InChI is InChI=1S/C22H22N4O2/c23-14-17(13-18-7-8-21(28-18)26-11-3-4-12-26)22(27)24-10-9-16-15-25-20-6-2-1-5-19(16)20/h1-2,5-8,13,15,25H,3-4,9-12H2,(H,24,27)/b17-13+. The maximum Gasteiger partial charge on any atom is 0.262 e. The average Bonchev–Trinajstić information content (AvgIpc) is 3.46. The molecule has 0 spiro atoms. The monoisotopic (exact) mass is 374 g/mol. The third-order valence-electron chi connectivity index (χ3n) is 5.04. The average molecular weight is 374 g/mol. The third kappa shape index (κ3) is 3.79. The number of H-pyrrole nitrogens is 1. The van der Waals surface area contributed by atoms with Gasteiger partial charge in [-0.1, -0.05) is 18.2 Å². The predicted octanol–water partition coefficient (Wildman–Crippen LogP) is 3.63. The van der Waals surface area contributed by atoms with E-state index >= 15 is 0 Å². The van der Waals surface area contributed by atoms with Crippen LogP contribution in [0.3, 0.4) is 0 Å². The summed E-state index contributed by atoms with van der Waals surface area (Å²) in [5.74, 6) is 0.924. The van der Waals surface area contributed by atoms with E-state index in [1.54, 1.807) is 6.07 Å². The molecule has 3 aromatic rings. The largest absolute Gasteiger partial charge is 0.441 e. The van der Waals surface area contributed by atoms with Gasteiger partial charge in [0.25, 0.3) is 5.91 Å². The number of hydrogen-bond acceptors (Lipinski definition) is 4. The van der Waals surface area contributed by atoms with Gasteiger partial charge in [-0.3, -0.25) is 4.79 Å². The number of nitriles is 1. The molecule has 0 aliphatic carbocycles. The molecular formula is C22H22N4O2. The zero-order valence-electron chi connectivity index (χ0n) is 15.6. The minimum Gasteiger partial charge on any atom is -0.441 e. The fraction of sp³-hybridized carbons (Fsp3) is 0.273. The quantitative estimate of drug-likeness (QED) is 0.510. The van der Waals surface area contributed by atoms with Crippen LogP contribution in [0.1, 0.15) is 24.2 Å². The van der Waals surface area contributed by atoms with Crippen molar-refractivity contribution < 1.29 is 9.21 Å². The van der Waals surface area contributed by atoms with Crippen molar-refractivity contribution in [2.45, 2.75) is 19.3 Å². The molecule has 1 aliphatic rings. The number of carbonyl (C=O) groups is 1. The molecule has 2 aromatic heterocycles. The van der Waals surface area contributed by atoms with Gasteiger partial charge in [0.15, 0.2) is 5.88 Å². The Labute approximate surface area is 163 Å². The Balaban J connectivity index is 1.37. The number of aromatic amines is 1. The number of nitrogens with one attached hydrogen (secondary N) is 2. The van der Waals surface area contributed by atoms with Gasteiger partial charge in [0, 0.05) is 48.9 Å². The lowest BCUT2D eigenvalue weighted by atomic mass is 10.1. The molecule has 0 bridgehead atoms. The second kappa shape index (κ2) is 8.05. The summed E-state index contributed by atoms with van der Waals surface area (Å²) in [5, 5.41) is 13.3. The second-order valence-corrected chi connectivity index (χ2v) is 6.91. The van der Waals surface area contributed by atoms with Crippen molar-refractivity contribution in [3.05, 3.63) is 59.5 Å². The van der Waals surface area contributed by atoms with Gasteiger partial charge in [-0.15, -0.1) is 0 Å². The summed E-state index contributed by atoms with van der Waals surface area (Å²) in [6.07, 6.45) is 6.47. The summed E-state index contributed by atoms with van der Waals surface area (Å²) in [5.41, 5.74) is 2.26. The Morgan fingerprint density at radius 1 is 1.25 bits per heavy atom. The zero-order valence-corrected chi connectivity index (χ0v) is 15.6. The van der Waals surface area contributed by atoms with E-state index in [-0.39, 0.29) is 11.5 Å². The molecule has 1 amide bonds. The summed E-state index contributed by atoms with van der Waals surface area (Å²) >= 11 is 0. The van der Waals surface area contributed by atoms with Crippen LogP contribution in [-0.2, 0) is 11.2 Å². The molecule has 1 aliphatic heterocycles. The van der Waals surface area contributed by atoms with E-state index in [1.165, 1.54) is 6.08 Å². The van der Waals surface area contributed by atoms with Crippen molar-refractivity contribution >= 4 is 28.8 Å². The Morgan fingerprint density at radius 3 is 2.89 bits per heavy atom. The first-order chi connectivity index (χ1) is 13.7. The predicted molar refractivity (Wildman–Crippen MR) is 109 cm³/mol. The molecule has 3 heterocycles. The highest BCUT2D eigenvalue weighted by Crippen LogP contribution is 2.24. The van der Waals surface area contributed by atoms with E-state index in [9.17, 15) is 10.1 Å². The lowest BCUT2D eigenvalue weighted by molar-refractivity contribution is -0.117. The molecule has 6 heteroatoms. The molecule has 0 saturated carbocycles. The highest BCUT2D eigenvalue weighted by Gasteiger charge is 2.16. The highest BCUT2D eigenvalue weighted by atomic mass is 16.4. The summed E-state index contributed by atoms with van der Waals surface area (Å²) in [7, 11) is 0. The van der Waals surface area contributed by atoms with Crippen molar-refractivity contribution in [2.75, 3.05) is 24.5 Å². The van der Waals surface area contributed by atoms with Gasteiger partial charge >= 0.3 is 0 Å². The Kier molecular flexibility index (Phi) is 5.16. The number of fused-ring (bicyclic) bond motifs is 1. The number of benzene rings is 1. The lowest BCUT2D eigenvalue weighted by Crippen LogP contribution is -2.26. The number of amides is 1. The number of carbonyl (C=O) groups excluding carboxylic acids is 1. The van der Waals surface area contributed by atoms with Gasteiger partial charge in [0.05, 0.1) is 0 Å². The smallest absolute Gasteiger partial charge is 0.262 e. The summed E-state index contributed by atoms with van der Waals surface area (Å²) in [6, 6.07) is 13.7. The van der Waals surface area contributed by atoms with Crippen LogP contribution in [0.2, 0.25) is 0 Å². The second-order valence-electron chi connectivity index (χ2n) is 6.91. The number of hydrogen-bond donors (Lipinski definition) is 2. The summed E-state index contributed by atoms with van der Waals surface area (Å²) in [4.78, 5) is 17.8. The van der Waals surface area contributed by atoms with Crippen LogP contribution < -0.4 is 10.2 Å². The number of furan rings is 1. The van der Waals surface area contributed by atoms with Crippen LogP contribution in [-0.4, -0.2) is 30.5 Å². The van der Waals surface area contributed by atoms with Crippen LogP contribution in [0, 0.1) is 11.3 Å². The van der Waals surface area contributed by atoms with E-state index < -0.39 is 0 Å². The minimum atomic E-state index is -0.388. The first-order valence-electron chi connectivity index (χ1n) is 9.54. The van der Waals surface area contributed by atoms with E-state index in [0.717, 1.165) is 48.3 Å². The molecule has 0 unspecified atom stereocenters. The SMILES string of the molecule is N#C/C(=C\c1ccc(N2CCCC2)o1)C(=O)NCCc1c[nH]c2ccccc12. The molecule has 1 aromatic carbocycles. The number of rotatable bonds is 6. The Morgan fingerprint density at radius 2 is 2.07 bits per heavy atom. The van der Waals surface area contributed by atoms with E-state index in [4.69, 9.17) is 4.42 Å². The number of nitrogens with zero attached hydrogens (tertiary/aromatic N) is 2. The summed E-state index contributed by atoms with van der Waals surface area (Å²) < 4.78 is 5.78. The third-order valence-corrected chi connectivity index (χ3v) is 5.04. The molecule has 28 heavy (non-hydrogen) atoms. The van der Waals surface area contributed by atoms with Gasteiger partial charge in [0.1, 0.15) is 17.4 Å². The maximum absolute atomic E-state index is 12.4. The zero-order chi connectivity index (χ0) is 19.3. The molecule has 0 radical (unpaired) electrons. The molecule has 4 rings (SSSR count). The van der Waals surface area contributed by atoms with Crippen LogP contribution >= 0.6 is 0 Å². The van der Waals surface area contributed by atoms with Gasteiger partial charge in [-0.25, -0.2) is 0 Å². The maximum atomic E-state index is 12.4. The fourth-order valence-electron chi connectivity index (χ4n) is 3.56. The molecule has 1 fully saturated rings. The van der Waals surface area contributed by atoms with Gasteiger partial charge in [-0.05, 0) is 37.0 Å². The van der Waals surface area contributed by atoms with Crippen LogP contribution in [0.25, 0.3) is 17.0 Å². The van der Waals surface area contributed by atoms with E-state index in [0.29, 0.717) is 18.7 Å². The molecule has 2 N–H and O–H groups in total. The van der Waals surface area contributed by atoms with Crippen molar-refractivity contribution in [3.8, 4) is 6.07 Å². The Bertz CT molecular complexity index is 1050. The molecule has 142 valence electrons.